The smallest absolute Gasteiger partial charge is 0.335 e. The van der Waals surface area contributed by atoms with Crippen LogP contribution in [-0.2, 0) is 15.3 Å². The van der Waals surface area contributed by atoms with E-state index in [0.29, 0.717) is 22.3 Å². The number of carbonyl (C=O) groups is 3. The molecule has 4 rings (SSSR count). The second-order valence-corrected chi connectivity index (χ2v) is 7.30. The Morgan fingerprint density at radius 2 is 1.86 bits per heavy atom. The molecule has 1 aliphatic rings. The van der Waals surface area contributed by atoms with E-state index in [2.05, 4.69) is 5.32 Å². The monoisotopic (exact) mass is 408 g/mol. The molecule has 146 valence electrons. The van der Waals surface area contributed by atoms with Gasteiger partial charge in [-0.15, -0.1) is 0 Å². The molecule has 4 amide bonds. The number of nitrogens with zero attached hydrogens (tertiary/aromatic N) is 1. The number of benzene rings is 1. The van der Waals surface area contributed by atoms with Crippen molar-refractivity contribution >= 4 is 41.4 Å². The van der Waals surface area contributed by atoms with Gasteiger partial charge in [0, 0.05) is 0 Å². The van der Waals surface area contributed by atoms with Crippen LogP contribution in [0.3, 0.4) is 0 Å². The van der Waals surface area contributed by atoms with E-state index in [1.165, 1.54) is 17.8 Å². The van der Waals surface area contributed by atoms with Crippen molar-refractivity contribution in [3.05, 3.63) is 77.5 Å². The molecule has 0 bridgehead atoms. The maximum absolute atomic E-state index is 12.8. The fraction of sp³-hybridized carbons (Fsp3) is 0.0952. The third kappa shape index (κ3) is 4.02. The molecule has 0 spiro atoms. The Balaban J connectivity index is 1.55. The number of rotatable bonds is 5. The fourth-order valence-corrected chi connectivity index (χ4v) is 3.52. The maximum atomic E-state index is 12.8. The molecule has 1 N–H and O–H groups in total. The summed E-state index contributed by atoms with van der Waals surface area (Å²) in [6.45, 7) is 1.90. The molecule has 0 aliphatic carbocycles. The third-order valence-corrected chi connectivity index (χ3v) is 5.15. The number of imide groups is 2. The number of amides is 4. The highest BCUT2D eigenvalue weighted by Crippen LogP contribution is 2.27. The van der Waals surface area contributed by atoms with Gasteiger partial charge in [-0.25, -0.2) is 9.69 Å². The van der Waals surface area contributed by atoms with Gasteiger partial charge in [0.1, 0.15) is 17.1 Å². The van der Waals surface area contributed by atoms with Gasteiger partial charge in [-0.1, -0.05) is 29.5 Å². The molecule has 0 radical (unpaired) electrons. The Morgan fingerprint density at radius 3 is 2.59 bits per heavy atom. The zero-order chi connectivity index (χ0) is 20.4. The summed E-state index contributed by atoms with van der Waals surface area (Å²) in [4.78, 5) is 38.2. The Bertz CT molecular complexity index is 1100. The lowest BCUT2D eigenvalue weighted by atomic mass is 10.1. The number of carbonyl (C=O) groups excluding carboxylic acids is 3. The lowest BCUT2D eigenvalue weighted by molar-refractivity contribution is -0.122. The zero-order valence-corrected chi connectivity index (χ0v) is 16.2. The molecule has 2 aromatic heterocycles. The van der Waals surface area contributed by atoms with Crippen LogP contribution in [0.25, 0.3) is 6.08 Å². The number of aryl methyl sites for hydroxylation is 1. The fourth-order valence-electron chi connectivity index (χ4n) is 2.75. The maximum Gasteiger partial charge on any atom is 0.335 e. The number of thioether (sulfide) groups is 1. The van der Waals surface area contributed by atoms with E-state index in [1.54, 1.807) is 42.7 Å². The molecule has 1 saturated heterocycles. The van der Waals surface area contributed by atoms with Gasteiger partial charge in [0.2, 0.25) is 0 Å². The quantitative estimate of drug-likeness (QED) is 0.387. The van der Waals surface area contributed by atoms with Crippen LogP contribution in [0.2, 0.25) is 0 Å². The zero-order valence-electron chi connectivity index (χ0n) is 15.4. The summed E-state index contributed by atoms with van der Waals surface area (Å²) in [6, 6.07) is 13.2. The highest BCUT2D eigenvalue weighted by molar-refractivity contribution is 7.98. The standard InChI is InChI=1S/C21H16N2O5S/c1-13-4-6-14(7-5-13)23-20(25)17(19(24)22-21(23)26)11-15-8-9-18(28-15)29-12-16-3-2-10-27-16/h2-11H,12H2,1H3,(H,22,24,26)/b17-11+. The van der Waals surface area contributed by atoms with Crippen molar-refractivity contribution in [1.29, 1.82) is 0 Å². The predicted molar refractivity (Wildman–Crippen MR) is 107 cm³/mol. The van der Waals surface area contributed by atoms with Gasteiger partial charge in [0.25, 0.3) is 11.8 Å². The largest absolute Gasteiger partial charge is 0.468 e. The van der Waals surface area contributed by atoms with E-state index in [9.17, 15) is 14.4 Å². The molecule has 0 atom stereocenters. The first-order chi connectivity index (χ1) is 14.0. The van der Waals surface area contributed by atoms with Gasteiger partial charge in [-0.3, -0.25) is 14.9 Å². The minimum atomic E-state index is -0.782. The van der Waals surface area contributed by atoms with E-state index in [0.717, 1.165) is 16.2 Å². The number of barbiturate groups is 1. The Morgan fingerprint density at radius 1 is 1.07 bits per heavy atom. The van der Waals surface area contributed by atoms with Gasteiger partial charge in [-0.05, 0) is 49.4 Å². The summed E-state index contributed by atoms with van der Waals surface area (Å²) < 4.78 is 10.9. The van der Waals surface area contributed by atoms with Crippen molar-refractivity contribution < 1.29 is 23.2 Å². The van der Waals surface area contributed by atoms with Crippen LogP contribution in [0.4, 0.5) is 10.5 Å². The first-order valence-corrected chi connectivity index (χ1v) is 9.73. The molecule has 7 nitrogen and oxygen atoms in total. The number of furan rings is 2. The van der Waals surface area contributed by atoms with Crippen molar-refractivity contribution in [2.75, 3.05) is 4.90 Å². The van der Waals surface area contributed by atoms with Gasteiger partial charge < -0.3 is 8.83 Å². The average Bonchev–Trinajstić information content (AvgIpc) is 3.36. The summed E-state index contributed by atoms with van der Waals surface area (Å²) >= 11 is 1.42. The van der Waals surface area contributed by atoms with Gasteiger partial charge in [0.05, 0.1) is 17.7 Å². The van der Waals surface area contributed by atoms with Crippen molar-refractivity contribution in [2.24, 2.45) is 0 Å². The number of anilines is 1. The van der Waals surface area contributed by atoms with E-state index in [1.807, 2.05) is 19.1 Å². The van der Waals surface area contributed by atoms with Crippen LogP contribution in [-0.4, -0.2) is 17.8 Å². The third-order valence-electron chi connectivity index (χ3n) is 4.22. The molecule has 1 fully saturated rings. The Kier molecular flexibility index (Phi) is 5.09. The van der Waals surface area contributed by atoms with Crippen LogP contribution in [0.5, 0.6) is 0 Å². The summed E-state index contributed by atoms with van der Waals surface area (Å²) in [6.07, 6.45) is 2.94. The second kappa shape index (κ2) is 7.84. The van der Waals surface area contributed by atoms with E-state index < -0.39 is 17.8 Å². The predicted octanol–water partition coefficient (Wildman–Crippen LogP) is 4.14. The van der Waals surface area contributed by atoms with Crippen molar-refractivity contribution in [3.63, 3.8) is 0 Å². The summed E-state index contributed by atoms with van der Waals surface area (Å²) in [5, 5.41) is 2.81. The van der Waals surface area contributed by atoms with Crippen molar-refractivity contribution in [3.8, 4) is 0 Å². The molecule has 1 aromatic carbocycles. The van der Waals surface area contributed by atoms with E-state index >= 15 is 0 Å². The van der Waals surface area contributed by atoms with Crippen LogP contribution in [0, 0.1) is 6.92 Å². The molecule has 0 unspecified atom stereocenters. The summed E-state index contributed by atoms with van der Waals surface area (Å²) in [7, 11) is 0. The van der Waals surface area contributed by atoms with E-state index in [4.69, 9.17) is 8.83 Å². The first kappa shape index (κ1) is 18.8. The second-order valence-electron chi connectivity index (χ2n) is 6.32. The normalized spacial score (nSPS) is 15.8. The van der Waals surface area contributed by atoms with Gasteiger partial charge in [-0.2, -0.15) is 0 Å². The number of urea groups is 1. The lowest BCUT2D eigenvalue weighted by Crippen LogP contribution is -2.54. The van der Waals surface area contributed by atoms with Crippen molar-refractivity contribution in [2.45, 2.75) is 17.8 Å². The van der Waals surface area contributed by atoms with Gasteiger partial charge >= 0.3 is 6.03 Å². The molecule has 1 aliphatic heterocycles. The Hall–Kier alpha value is -3.52. The first-order valence-electron chi connectivity index (χ1n) is 8.74. The van der Waals surface area contributed by atoms with E-state index in [-0.39, 0.29) is 5.57 Å². The lowest BCUT2D eigenvalue weighted by Gasteiger charge is -2.26. The summed E-state index contributed by atoms with van der Waals surface area (Å²) in [5.41, 5.74) is 1.19. The molecular formula is C21H16N2O5S. The molecule has 29 heavy (non-hydrogen) atoms. The average molecular weight is 408 g/mol. The molecule has 3 heterocycles. The highest BCUT2D eigenvalue weighted by Gasteiger charge is 2.37. The molecule has 0 saturated carbocycles. The topological polar surface area (TPSA) is 92.8 Å². The van der Waals surface area contributed by atoms with Crippen LogP contribution in [0.1, 0.15) is 17.1 Å². The van der Waals surface area contributed by atoms with Crippen molar-refractivity contribution in [1.82, 2.24) is 5.32 Å². The summed E-state index contributed by atoms with van der Waals surface area (Å²) in [5.74, 6) is 0.267. The van der Waals surface area contributed by atoms with Crippen LogP contribution in [0.15, 0.2) is 74.3 Å². The van der Waals surface area contributed by atoms with Crippen LogP contribution >= 0.6 is 11.8 Å². The number of hydrogen-bond acceptors (Lipinski definition) is 6. The molecular weight excluding hydrogens is 392 g/mol. The minimum Gasteiger partial charge on any atom is -0.468 e. The minimum absolute atomic E-state index is 0.179. The molecule has 3 aromatic rings. The number of hydrogen-bond donors (Lipinski definition) is 1. The number of nitrogens with one attached hydrogen (secondary N) is 1. The SMILES string of the molecule is Cc1ccc(N2C(=O)NC(=O)/C(=C\c3ccc(SCc4ccco4)o3)C2=O)cc1. The highest BCUT2D eigenvalue weighted by atomic mass is 32.2. The van der Waals surface area contributed by atoms with Gasteiger partial charge in [0.15, 0.2) is 5.09 Å². The Labute approximate surface area is 170 Å². The molecule has 8 heteroatoms. The van der Waals surface area contributed by atoms with Crippen LogP contribution < -0.4 is 10.2 Å².